The fraction of sp³-hybridized carbons (Fsp3) is 0.400. The summed E-state index contributed by atoms with van der Waals surface area (Å²) in [7, 11) is 0. The maximum Gasteiger partial charge on any atom is 0.254 e. The lowest BCUT2D eigenvalue weighted by Crippen LogP contribution is -2.58. The highest BCUT2D eigenvalue weighted by molar-refractivity contribution is 5.99. The lowest BCUT2D eigenvalue weighted by Gasteiger charge is -2.47. The van der Waals surface area contributed by atoms with Crippen molar-refractivity contribution in [1.29, 1.82) is 0 Å². The van der Waals surface area contributed by atoms with Gasteiger partial charge >= 0.3 is 0 Å². The molecule has 0 saturated carbocycles. The lowest BCUT2D eigenvalue weighted by molar-refractivity contribution is -0.132. The minimum absolute atomic E-state index is 0.00850. The first-order chi connectivity index (χ1) is 15.4. The number of nitrogens with one attached hydrogen (secondary N) is 1. The Hall–Kier alpha value is -3.22. The van der Waals surface area contributed by atoms with E-state index >= 15 is 0 Å². The molecule has 32 heavy (non-hydrogen) atoms. The number of rotatable bonds is 6. The van der Waals surface area contributed by atoms with Crippen LogP contribution in [-0.4, -0.2) is 52.7 Å². The molecule has 1 fully saturated rings. The smallest absolute Gasteiger partial charge is 0.254 e. The number of carbonyl (C=O) groups is 3. The van der Waals surface area contributed by atoms with Gasteiger partial charge in [-0.05, 0) is 48.6 Å². The van der Waals surface area contributed by atoms with Crippen LogP contribution in [0, 0.1) is 5.82 Å². The molecule has 1 N–H and O–H groups in total. The highest BCUT2D eigenvalue weighted by Gasteiger charge is 2.47. The largest absolute Gasteiger partial charge is 0.356 e. The van der Waals surface area contributed by atoms with Gasteiger partial charge in [0, 0.05) is 38.7 Å². The fourth-order valence-corrected chi connectivity index (χ4v) is 4.82. The van der Waals surface area contributed by atoms with Crippen molar-refractivity contribution in [3.8, 4) is 0 Å². The molecule has 0 atom stereocenters. The molecule has 0 radical (unpaired) electrons. The van der Waals surface area contributed by atoms with E-state index in [1.807, 2.05) is 35.2 Å². The van der Waals surface area contributed by atoms with E-state index in [2.05, 4.69) is 5.32 Å². The fourth-order valence-electron chi connectivity index (χ4n) is 4.82. The van der Waals surface area contributed by atoms with E-state index in [-0.39, 0.29) is 30.0 Å². The first kappa shape index (κ1) is 22.0. The molecule has 2 aromatic rings. The number of hydrogen-bond acceptors (Lipinski definition) is 3. The molecule has 7 heteroatoms. The third-order valence-corrected chi connectivity index (χ3v) is 6.65. The summed E-state index contributed by atoms with van der Waals surface area (Å²) >= 11 is 0. The molecule has 4 rings (SSSR count). The Morgan fingerprint density at radius 2 is 1.84 bits per heavy atom. The molecule has 0 aliphatic carbocycles. The van der Waals surface area contributed by atoms with Gasteiger partial charge in [-0.25, -0.2) is 4.39 Å². The number of amides is 3. The normalized spacial score (nSPS) is 17.2. The first-order valence-electron chi connectivity index (χ1n) is 11.0. The summed E-state index contributed by atoms with van der Waals surface area (Å²) in [6, 6.07) is 13.9. The van der Waals surface area contributed by atoms with Gasteiger partial charge in [0.25, 0.3) is 5.91 Å². The van der Waals surface area contributed by atoms with Crippen LogP contribution in [0.2, 0.25) is 0 Å². The average molecular weight is 438 g/mol. The summed E-state index contributed by atoms with van der Waals surface area (Å²) in [6.07, 6.45) is 1.83. The zero-order chi connectivity index (χ0) is 22.7. The van der Waals surface area contributed by atoms with Gasteiger partial charge in [0.1, 0.15) is 5.82 Å². The number of halogens is 1. The van der Waals surface area contributed by atoms with Crippen LogP contribution in [0.1, 0.15) is 47.7 Å². The van der Waals surface area contributed by atoms with Crippen LogP contribution in [0.5, 0.6) is 0 Å². The Balaban J connectivity index is 1.46. The van der Waals surface area contributed by atoms with Crippen molar-refractivity contribution in [3.63, 3.8) is 0 Å². The quantitative estimate of drug-likeness (QED) is 0.756. The monoisotopic (exact) mass is 437 g/mol. The lowest BCUT2D eigenvalue weighted by atomic mass is 9.82. The first-order valence-corrected chi connectivity index (χ1v) is 11.0. The summed E-state index contributed by atoms with van der Waals surface area (Å²) in [5, 5.41) is 2.94. The van der Waals surface area contributed by atoms with Crippen LogP contribution >= 0.6 is 0 Å². The standard InChI is InChI=1S/C25H28FN3O3/c1-18(30)28-13-10-25(11-14-28,29-17-20-6-2-3-8-22(20)24(29)32)16-23(31)27-12-9-19-5-4-7-21(26)15-19/h2-8,15H,9-14,16-17H2,1H3,(H,27,31). The zero-order valence-electron chi connectivity index (χ0n) is 18.3. The molecule has 0 bridgehead atoms. The predicted molar refractivity (Wildman–Crippen MR) is 118 cm³/mol. The number of carbonyl (C=O) groups excluding carboxylic acids is 3. The van der Waals surface area contributed by atoms with E-state index in [0.29, 0.717) is 51.0 Å². The number of benzene rings is 2. The molecule has 168 valence electrons. The zero-order valence-corrected chi connectivity index (χ0v) is 18.3. The molecule has 3 amide bonds. The van der Waals surface area contributed by atoms with E-state index in [1.165, 1.54) is 12.1 Å². The van der Waals surface area contributed by atoms with E-state index in [9.17, 15) is 18.8 Å². The van der Waals surface area contributed by atoms with Gasteiger partial charge in [-0.2, -0.15) is 0 Å². The number of nitrogens with zero attached hydrogens (tertiary/aromatic N) is 2. The summed E-state index contributed by atoms with van der Waals surface area (Å²) in [5.41, 5.74) is 1.84. The molecule has 2 heterocycles. The molecule has 2 aromatic carbocycles. The van der Waals surface area contributed by atoms with Crippen LogP contribution < -0.4 is 5.32 Å². The molecular weight excluding hydrogens is 409 g/mol. The Kier molecular flexibility index (Phi) is 6.26. The second kappa shape index (κ2) is 9.10. The molecule has 1 saturated heterocycles. The highest BCUT2D eigenvalue weighted by atomic mass is 19.1. The van der Waals surface area contributed by atoms with Gasteiger partial charge in [0.05, 0.1) is 12.0 Å². The van der Waals surface area contributed by atoms with Crippen molar-refractivity contribution >= 4 is 17.7 Å². The highest BCUT2D eigenvalue weighted by Crippen LogP contribution is 2.38. The SMILES string of the molecule is CC(=O)N1CCC(CC(=O)NCCc2cccc(F)c2)(N2Cc3ccccc3C2=O)CC1. The number of piperidine rings is 1. The topological polar surface area (TPSA) is 69.7 Å². The van der Waals surface area contributed by atoms with Gasteiger partial charge in [0.2, 0.25) is 11.8 Å². The number of fused-ring (bicyclic) bond motifs is 1. The van der Waals surface area contributed by atoms with Crippen molar-refractivity contribution < 1.29 is 18.8 Å². The molecule has 6 nitrogen and oxygen atoms in total. The summed E-state index contributed by atoms with van der Waals surface area (Å²) < 4.78 is 13.4. The van der Waals surface area contributed by atoms with Crippen molar-refractivity contribution in [1.82, 2.24) is 15.1 Å². The van der Waals surface area contributed by atoms with Crippen LogP contribution in [0.3, 0.4) is 0 Å². The molecule has 0 unspecified atom stereocenters. The van der Waals surface area contributed by atoms with Crippen molar-refractivity contribution in [2.75, 3.05) is 19.6 Å². The maximum atomic E-state index is 13.4. The summed E-state index contributed by atoms with van der Waals surface area (Å²) in [6.45, 7) is 3.46. The van der Waals surface area contributed by atoms with Crippen LogP contribution in [0.4, 0.5) is 4.39 Å². The maximum absolute atomic E-state index is 13.4. The van der Waals surface area contributed by atoms with Crippen LogP contribution in [0.15, 0.2) is 48.5 Å². The average Bonchev–Trinajstić information content (AvgIpc) is 3.11. The number of hydrogen-bond donors (Lipinski definition) is 1. The van der Waals surface area contributed by atoms with Crippen LogP contribution in [0.25, 0.3) is 0 Å². The summed E-state index contributed by atoms with van der Waals surface area (Å²) in [5.74, 6) is -0.475. The minimum Gasteiger partial charge on any atom is -0.356 e. The van der Waals surface area contributed by atoms with E-state index in [4.69, 9.17) is 0 Å². The molecule has 0 spiro atoms. The van der Waals surface area contributed by atoms with Gasteiger partial charge in [-0.1, -0.05) is 30.3 Å². The van der Waals surface area contributed by atoms with Gasteiger partial charge in [-0.15, -0.1) is 0 Å². The molecule has 0 aromatic heterocycles. The Morgan fingerprint density at radius 3 is 2.53 bits per heavy atom. The van der Waals surface area contributed by atoms with Gasteiger partial charge < -0.3 is 15.1 Å². The van der Waals surface area contributed by atoms with Crippen LogP contribution in [-0.2, 0) is 22.6 Å². The Bertz CT molecular complexity index is 1030. The number of likely N-dealkylation sites (tertiary alicyclic amines) is 1. The van der Waals surface area contributed by atoms with Crippen molar-refractivity contribution in [3.05, 3.63) is 71.0 Å². The third-order valence-electron chi connectivity index (χ3n) is 6.65. The third kappa shape index (κ3) is 4.52. The van der Waals surface area contributed by atoms with Crippen molar-refractivity contribution in [2.24, 2.45) is 0 Å². The summed E-state index contributed by atoms with van der Waals surface area (Å²) in [4.78, 5) is 41.6. The predicted octanol–water partition coefficient (Wildman–Crippen LogP) is 2.91. The van der Waals surface area contributed by atoms with Gasteiger partial charge in [-0.3, -0.25) is 14.4 Å². The van der Waals surface area contributed by atoms with E-state index in [0.717, 1.165) is 11.1 Å². The molecular formula is C25H28FN3O3. The van der Waals surface area contributed by atoms with E-state index in [1.54, 1.807) is 17.9 Å². The Labute approximate surface area is 187 Å². The second-order valence-corrected chi connectivity index (χ2v) is 8.69. The molecule has 2 aliphatic rings. The molecule has 2 aliphatic heterocycles. The second-order valence-electron chi connectivity index (χ2n) is 8.69. The minimum atomic E-state index is -0.634. The van der Waals surface area contributed by atoms with Crippen molar-refractivity contribution in [2.45, 2.75) is 44.7 Å². The van der Waals surface area contributed by atoms with E-state index < -0.39 is 5.54 Å². The van der Waals surface area contributed by atoms with Gasteiger partial charge in [0.15, 0.2) is 0 Å². The Morgan fingerprint density at radius 1 is 1.09 bits per heavy atom.